The van der Waals surface area contributed by atoms with E-state index < -0.39 is 0 Å². The van der Waals surface area contributed by atoms with Crippen molar-refractivity contribution in [2.75, 3.05) is 13.1 Å². The van der Waals surface area contributed by atoms with Crippen molar-refractivity contribution >= 4 is 11.0 Å². The van der Waals surface area contributed by atoms with Gasteiger partial charge >= 0.3 is 0 Å². The third kappa shape index (κ3) is 2.94. The molecule has 0 aliphatic carbocycles. The highest BCUT2D eigenvalue weighted by Gasteiger charge is 2.15. The fourth-order valence-electron chi connectivity index (χ4n) is 3.97. The number of para-hydroxylation sites is 2. The number of hydrogen-bond acceptors (Lipinski definition) is 3. The molecule has 2 aromatic carbocycles. The summed E-state index contributed by atoms with van der Waals surface area (Å²) in [5, 5.41) is 0. The maximum atomic E-state index is 4.69. The van der Waals surface area contributed by atoms with Crippen LogP contribution in [0.25, 0.3) is 28.1 Å². The van der Waals surface area contributed by atoms with E-state index in [9.17, 15) is 0 Å². The molecule has 5 heteroatoms. The molecule has 0 radical (unpaired) electrons. The van der Waals surface area contributed by atoms with Gasteiger partial charge in [0.15, 0.2) is 0 Å². The molecule has 0 N–H and O–H groups in total. The molecule has 1 fully saturated rings. The molecule has 0 amide bonds. The summed E-state index contributed by atoms with van der Waals surface area (Å²) in [6, 6.07) is 16.8. The first-order valence-electron chi connectivity index (χ1n) is 9.55. The van der Waals surface area contributed by atoms with Crippen LogP contribution in [-0.2, 0) is 13.6 Å². The molecule has 0 atom stereocenters. The Morgan fingerprint density at radius 1 is 0.926 bits per heavy atom. The van der Waals surface area contributed by atoms with Gasteiger partial charge in [-0.25, -0.2) is 9.97 Å². The minimum absolute atomic E-state index is 0.989. The van der Waals surface area contributed by atoms with Gasteiger partial charge < -0.3 is 4.57 Å². The van der Waals surface area contributed by atoms with Gasteiger partial charge in [-0.2, -0.15) is 0 Å². The van der Waals surface area contributed by atoms with E-state index in [-0.39, 0.29) is 0 Å². The smallest absolute Gasteiger partial charge is 0.139 e. The van der Waals surface area contributed by atoms with Crippen LogP contribution in [-0.4, -0.2) is 37.1 Å². The zero-order valence-electron chi connectivity index (χ0n) is 15.5. The summed E-state index contributed by atoms with van der Waals surface area (Å²) < 4.78 is 4.34. The second-order valence-corrected chi connectivity index (χ2v) is 7.27. The predicted molar refractivity (Wildman–Crippen MR) is 108 cm³/mol. The highest BCUT2D eigenvalue weighted by molar-refractivity contribution is 5.77. The lowest BCUT2D eigenvalue weighted by Gasteiger charge is -2.15. The standard InChI is InChI=1S/C22H23N5/c1-25-19(15-26-12-4-5-13-26)14-23-22(25)17-8-10-18(11-9-17)27-16-24-20-6-2-3-7-21(20)27/h2-3,6-11,14,16H,4-5,12-13,15H2,1H3. The van der Waals surface area contributed by atoms with Gasteiger partial charge in [-0.15, -0.1) is 0 Å². The molecule has 1 saturated heterocycles. The number of benzene rings is 2. The second-order valence-electron chi connectivity index (χ2n) is 7.27. The van der Waals surface area contributed by atoms with Crippen LogP contribution in [0.3, 0.4) is 0 Å². The molecule has 1 aliphatic heterocycles. The van der Waals surface area contributed by atoms with Crippen LogP contribution in [0.5, 0.6) is 0 Å². The summed E-state index contributed by atoms with van der Waals surface area (Å²) in [5.41, 5.74) is 5.65. The summed E-state index contributed by atoms with van der Waals surface area (Å²) in [6.07, 6.45) is 6.53. The van der Waals surface area contributed by atoms with E-state index in [1.807, 2.05) is 30.7 Å². The Bertz CT molecular complexity index is 1070. The van der Waals surface area contributed by atoms with Crippen molar-refractivity contribution in [3.05, 3.63) is 66.7 Å². The Balaban J connectivity index is 1.43. The minimum Gasteiger partial charge on any atom is -0.330 e. The minimum atomic E-state index is 0.989. The van der Waals surface area contributed by atoms with Crippen molar-refractivity contribution in [3.63, 3.8) is 0 Å². The Hall–Kier alpha value is -2.92. The Morgan fingerprint density at radius 3 is 2.52 bits per heavy atom. The number of imidazole rings is 2. The van der Waals surface area contributed by atoms with Crippen LogP contribution in [0.15, 0.2) is 61.1 Å². The summed E-state index contributed by atoms with van der Waals surface area (Å²) >= 11 is 0. The van der Waals surface area contributed by atoms with Crippen molar-refractivity contribution in [2.24, 2.45) is 7.05 Å². The van der Waals surface area contributed by atoms with Gasteiger partial charge in [0.25, 0.3) is 0 Å². The third-order valence-corrected chi connectivity index (χ3v) is 5.53. The third-order valence-electron chi connectivity index (χ3n) is 5.53. The molecule has 5 nitrogen and oxygen atoms in total. The van der Waals surface area contributed by atoms with Crippen molar-refractivity contribution < 1.29 is 0 Å². The molecular weight excluding hydrogens is 334 g/mol. The first-order chi connectivity index (χ1) is 13.3. The quantitative estimate of drug-likeness (QED) is 0.554. The van der Waals surface area contributed by atoms with Crippen LogP contribution >= 0.6 is 0 Å². The zero-order chi connectivity index (χ0) is 18.2. The van der Waals surface area contributed by atoms with Crippen LogP contribution in [0.1, 0.15) is 18.5 Å². The van der Waals surface area contributed by atoms with Crippen molar-refractivity contribution in [1.82, 2.24) is 24.0 Å². The van der Waals surface area contributed by atoms with Gasteiger partial charge in [-0.05, 0) is 62.3 Å². The average molecular weight is 357 g/mol. The number of aromatic nitrogens is 4. The molecule has 0 bridgehead atoms. The number of rotatable bonds is 4. The molecular formula is C22H23N5. The van der Waals surface area contributed by atoms with E-state index in [0.717, 1.165) is 34.7 Å². The summed E-state index contributed by atoms with van der Waals surface area (Å²) in [6.45, 7) is 3.39. The van der Waals surface area contributed by atoms with Crippen LogP contribution in [0.2, 0.25) is 0 Å². The maximum Gasteiger partial charge on any atom is 0.139 e. The molecule has 4 aromatic rings. The van der Waals surface area contributed by atoms with Gasteiger partial charge in [-0.3, -0.25) is 9.47 Å². The molecule has 0 spiro atoms. The molecule has 136 valence electrons. The normalized spacial score (nSPS) is 15.0. The van der Waals surface area contributed by atoms with Gasteiger partial charge in [0.2, 0.25) is 0 Å². The van der Waals surface area contributed by atoms with E-state index in [4.69, 9.17) is 0 Å². The Morgan fingerprint density at radius 2 is 1.70 bits per heavy atom. The van der Waals surface area contributed by atoms with Crippen LogP contribution in [0, 0.1) is 0 Å². The largest absolute Gasteiger partial charge is 0.330 e. The van der Waals surface area contributed by atoms with Gasteiger partial charge in [-0.1, -0.05) is 12.1 Å². The number of likely N-dealkylation sites (tertiary alicyclic amines) is 1. The van der Waals surface area contributed by atoms with Crippen molar-refractivity contribution in [1.29, 1.82) is 0 Å². The Kier molecular flexibility index (Phi) is 4.02. The molecule has 27 heavy (non-hydrogen) atoms. The summed E-state index contributed by atoms with van der Waals surface area (Å²) in [7, 11) is 2.12. The number of fused-ring (bicyclic) bond motifs is 1. The average Bonchev–Trinajstić information content (AvgIpc) is 3.44. The van der Waals surface area contributed by atoms with Crippen LogP contribution in [0.4, 0.5) is 0 Å². The van der Waals surface area contributed by atoms with Gasteiger partial charge in [0.1, 0.15) is 12.2 Å². The first kappa shape index (κ1) is 16.3. The highest BCUT2D eigenvalue weighted by atomic mass is 15.2. The Labute approximate surface area is 158 Å². The molecule has 1 aliphatic rings. The fourth-order valence-corrected chi connectivity index (χ4v) is 3.97. The van der Waals surface area contributed by atoms with E-state index in [0.29, 0.717) is 0 Å². The van der Waals surface area contributed by atoms with E-state index in [1.54, 1.807) is 0 Å². The lowest BCUT2D eigenvalue weighted by molar-refractivity contribution is 0.323. The molecule has 5 rings (SSSR count). The lowest BCUT2D eigenvalue weighted by Crippen LogP contribution is -2.20. The van der Waals surface area contributed by atoms with E-state index in [1.165, 1.54) is 31.6 Å². The molecule has 3 heterocycles. The summed E-state index contributed by atoms with van der Waals surface area (Å²) in [5.74, 6) is 1.02. The monoisotopic (exact) mass is 357 g/mol. The van der Waals surface area contributed by atoms with E-state index in [2.05, 4.69) is 61.4 Å². The lowest BCUT2D eigenvalue weighted by atomic mass is 10.2. The fraction of sp³-hybridized carbons (Fsp3) is 0.273. The van der Waals surface area contributed by atoms with Crippen LogP contribution < -0.4 is 0 Å². The topological polar surface area (TPSA) is 38.9 Å². The van der Waals surface area contributed by atoms with Crippen molar-refractivity contribution in [2.45, 2.75) is 19.4 Å². The maximum absolute atomic E-state index is 4.69. The second kappa shape index (κ2) is 6.67. The number of hydrogen-bond donors (Lipinski definition) is 0. The molecule has 2 aromatic heterocycles. The molecule has 0 unspecified atom stereocenters. The highest BCUT2D eigenvalue weighted by Crippen LogP contribution is 2.24. The zero-order valence-corrected chi connectivity index (χ0v) is 15.5. The SMILES string of the molecule is Cn1c(CN2CCCC2)cnc1-c1ccc(-n2cnc3ccccc32)cc1. The number of nitrogens with zero attached hydrogens (tertiary/aromatic N) is 5. The summed E-state index contributed by atoms with van der Waals surface area (Å²) in [4.78, 5) is 11.7. The predicted octanol–water partition coefficient (Wildman–Crippen LogP) is 4.02. The van der Waals surface area contributed by atoms with E-state index >= 15 is 0 Å². The van der Waals surface area contributed by atoms with Gasteiger partial charge in [0, 0.05) is 24.8 Å². The first-order valence-corrected chi connectivity index (χ1v) is 9.55. The molecule has 0 saturated carbocycles. The van der Waals surface area contributed by atoms with Gasteiger partial charge in [0.05, 0.1) is 22.9 Å². The van der Waals surface area contributed by atoms with Crippen molar-refractivity contribution in [3.8, 4) is 17.1 Å².